The van der Waals surface area contributed by atoms with Gasteiger partial charge in [-0.05, 0) is 35.9 Å². The molecule has 0 aliphatic carbocycles. The van der Waals surface area contributed by atoms with E-state index in [1.165, 1.54) is 18.2 Å². The van der Waals surface area contributed by atoms with Gasteiger partial charge < -0.3 is 15.8 Å². The Labute approximate surface area is 116 Å². The van der Waals surface area contributed by atoms with Crippen LogP contribution < -0.4 is 15.8 Å². The van der Waals surface area contributed by atoms with Crippen molar-refractivity contribution >= 4 is 11.6 Å². The Bertz CT molecular complexity index is 585. The molecule has 5 heteroatoms. The first-order valence-electron chi connectivity index (χ1n) is 6.14. The first kappa shape index (κ1) is 14.0. The van der Waals surface area contributed by atoms with Gasteiger partial charge in [-0.3, -0.25) is 4.79 Å². The Morgan fingerprint density at radius 2 is 1.95 bits per heavy atom. The first-order chi connectivity index (χ1) is 9.67. The molecule has 3 N–H and O–H groups in total. The van der Waals surface area contributed by atoms with E-state index in [-0.39, 0.29) is 12.5 Å². The highest BCUT2D eigenvalue weighted by atomic mass is 19.1. The molecule has 0 aliphatic rings. The molecule has 0 radical (unpaired) electrons. The summed E-state index contributed by atoms with van der Waals surface area (Å²) in [6, 6.07) is 12.8. The topological polar surface area (TPSA) is 64.3 Å². The van der Waals surface area contributed by atoms with E-state index in [4.69, 9.17) is 10.5 Å². The van der Waals surface area contributed by atoms with E-state index in [1.807, 2.05) is 12.1 Å². The maximum atomic E-state index is 12.9. The smallest absolute Gasteiger partial charge is 0.262 e. The number of carbonyl (C=O) groups is 1. The van der Waals surface area contributed by atoms with Gasteiger partial charge >= 0.3 is 0 Å². The molecule has 4 nitrogen and oxygen atoms in total. The molecule has 0 saturated heterocycles. The van der Waals surface area contributed by atoms with E-state index >= 15 is 0 Å². The van der Waals surface area contributed by atoms with Crippen LogP contribution in [0.1, 0.15) is 5.56 Å². The summed E-state index contributed by atoms with van der Waals surface area (Å²) in [4.78, 5) is 11.6. The SMILES string of the molecule is NCc1ccc(OCC(=O)Nc2cccc(F)c2)cc1. The number of rotatable bonds is 5. The highest BCUT2D eigenvalue weighted by Gasteiger charge is 2.04. The summed E-state index contributed by atoms with van der Waals surface area (Å²) >= 11 is 0. The van der Waals surface area contributed by atoms with Gasteiger partial charge in [0.1, 0.15) is 11.6 Å². The Hall–Kier alpha value is -2.40. The zero-order valence-electron chi connectivity index (χ0n) is 10.8. The van der Waals surface area contributed by atoms with Crippen LogP contribution in [0, 0.1) is 5.82 Å². The fourth-order valence-corrected chi connectivity index (χ4v) is 1.63. The third kappa shape index (κ3) is 4.07. The maximum Gasteiger partial charge on any atom is 0.262 e. The van der Waals surface area contributed by atoms with Gasteiger partial charge in [0.25, 0.3) is 5.91 Å². The van der Waals surface area contributed by atoms with Crippen LogP contribution in [-0.2, 0) is 11.3 Å². The number of benzene rings is 2. The number of carbonyl (C=O) groups excluding carboxylic acids is 1. The van der Waals surface area contributed by atoms with Crippen LogP contribution in [0.4, 0.5) is 10.1 Å². The van der Waals surface area contributed by atoms with E-state index in [2.05, 4.69) is 5.32 Å². The second-order valence-corrected chi connectivity index (χ2v) is 4.20. The molecular weight excluding hydrogens is 259 g/mol. The van der Waals surface area contributed by atoms with E-state index in [0.29, 0.717) is 18.0 Å². The number of nitrogens with one attached hydrogen (secondary N) is 1. The highest BCUT2D eigenvalue weighted by Crippen LogP contribution is 2.12. The zero-order valence-corrected chi connectivity index (χ0v) is 10.8. The quantitative estimate of drug-likeness (QED) is 0.879. The average Bonchev–Trinajstić information content (AvgIpc) is 2.46. The number of halogens is 1. The zero-order chi connectivity index (χ0) is 14.4. The maximum absolute atomic E-state index is 12.9. The summed E-state index contributed by atoms with van der Waals surface area (Å²) < 4.78 is 18.3. The van der Waals surface area contributed by atoms with Crippen LogP contribution in [0.2, 0.25) is 0 Å². The van der Waals surface area contributed by atoms with E-state index in [9.17, 15) is 9.18 Å². The van der Waals surface area contributed by atoms with Crippen molar-refractivity contribution in [1.82, 2.24) is 0 Å². The molecule has 2 aromatic carbocycles. The lowest BCUT2D eigenvalue weighted by Gasteiger charge is -2.08. The minimum atomic E-state index is -0.402. The summed E-state index contributed by atoms with van der Waals surface area (Å²) in [7, 11) is 0. The molecule has 0 heterocycles. The molecule has 20 heavy (non-hydrogen) atoms. The number of nitrogens with two attached hydrogens (primary N) is 1. The molecule has 0 saturated carbocycles. The Morgan fingerprint density at radius 3 is 2.60 bits per heavy atom. The molecule has 2 aromatic rings. The van der Waals surface area contributed by atoms with Gasteiger partial charge in [-0.15, -0.1) is 0 Å². The predicted octanol–water partition coefficient (Wildman–Crippen LogP) is 2.30. The molecule has 0 unspecified atom stereocenters. The first-order valence-corrected chi connectivity index (χ1v) is 6.14. The molecule has 0 bridgehead atoms. The minimum absolute atomic E-state index is 0.140. The predicted molar refractivity (Wildman–Crippen MR) is 74.9 cm³/mol. The van der Waals surface area contributed by atoms with Crippen LogP contribution in [0.25, 0.3) is 0 Å². The highest BCUT2D eigenvalue weighted by molar-refractivity contribution is 5.91. The van der Waals surface area contributed by atoms with Crippen LogP contribution in [0.15, 0.2) is 48.5 Å². The molecule has 0 atom stereocenters. The molecular formula is C15H15FN2O2. The lowest BCUT2D eigenvalue weighted by atomic mass is 10.2. The molecule has 0 aliphatic heterocycles. The van der Waals surface area contributed by atoms with Crippen molar-refractivity contribution in [3.63, 3.8) is 0 Å². The number of hydrogen-bond acceptors (Lipinski definition) is 3. The molecule has 0 aromatic heterocycles. The number of anilines is 1. The average molecular weight is 274 g/mol. The summed E-state index contributed by atoms with van der Waals surface area (Å²) in [6.07, 6.45) is 0. The summed E-state index contributed by atoms with van der Waals surface area (Å²) in [6.45, 7) is 0.318. The van der Waals surface area contributed by atoms with E-state index < -0.39 is 5.82 Å². The van der Waals surface area contributed by atoms with E-state index in [1.54, 1.807) is 18.2 Å². The number of amides is 1. The molecule has 104 valence electrons. The van der Waals surface area contributed by atoms with Crippen LogP contribution >= 0.6 is 0 Å². The van der Waals surface area contributed by atoms with Crippen molar-refractivity contribution < 1.29 is 13.9 Å². The summed E-state index contributed by atoms with van der Waals surface area (Å²) in [5.74, 6) is -0.170. The number of hydrogen-bond donors (Lipinski definition) is 2. The van der Waals surface area contributed by atoms with Gasteiger partial charge in [-0.2, -0.15) is 0 Å². The Kier molecular flexibility index (Phi) is 4.68. The molecule has 1 amide bonds. The van der Waals surface area contributed by atoms with Crippen molar-refractivity contribution in [2.24, 2.45) is 5.73 Å². The number of ether oxygens (including phenoxy) is 1. The normalized spacial score (nSPS) is 10.1. The summed E-state index contributed by atoms with van der Waals surface area (Å²) in [5, 5.41) is 2.55. The molecule has 2 rings (SSSR count). The van der Waals surface area contributed by atoms with Crippen molar-refractivity contribution in [2.45, 2.75) is 6.54 Å². The van der Waals surface area contributed by atoms with Gasteiger partial charge in [-0.25, -0.2) is 4.39 Å². The standard InChI is InChI=1S/C15H15FN2O2/c16-12-2-1-3-13(8-12)18-15(19)10-20-14-6-4-11(9-17)5-7-14/h1-8H,9-10,17H2,(H,18,19). The Morgan fingerprint density at radius 1 is 1.20 bits per heavy atom. The van der Waals surface area contributed by atoms with Crippen molar-refractivity contribution in [1.29, 1.82) is 0 Å². The fraction of sp³-hybridized carbons (Fsp3) is 0.133. The monoisotopic (exact) mass is 274 g/mol. The van der Waals surface area contributed by atoms with Crippen LogP contribution in [0.5, 0.6) is 5.75 Å². The van der Waals surface area contributed by atoms with Crippen molar-refractivity contribution in [3.8, 4) is 5.75 Å². The Balaban J connectivity index is 1.85. The van der Waals surface area contributed by atoms with Gasteiger partial charge in [0, 0.05) is 12.2 Å². The largest absolute Gasteiger partial charge is 0.484 e. The van der Waals surface area contributed by atoms with Crippen molar-refractivity contribution in [3.05, 3.63) is 59.9 Å². The molecule has 0 fully saturated rings. The lowest BCUT2D eigenvalue weighted by molar-refractivity contribution is -0.118. The lowest BCUT2D eigenvalue weighted by Crippen LogP contribution is -2.20. The second-order valence-electron chi connectivity index (χ2n) is 4.20. The van der Waals surface area contributed by atoms with E-state index in [0.717, 1.165) is 5.56 Å². The third-order valence-electron chi connectivity index (χ3n) is 2.64. The summed E-state index contributed by atoms with van der Waals surface area (Å²) in [5.41, 5.74) is 6.87. The van der Waals surface area contributed by atoms with Gasteiger partial charge in [-0.1, -0.05) is 18.2 Å². The minimum Gasteiger partial charge on any atom is -0.484 e. The molecule has 0 spiro atoms. The van der Waals surface area contributed by atoms with Crippen LogP contribution in [0.3, 0.4) is 0 Å². The van der Waals surface area contributed by atoms with Gasteiger partial charge in [0.05, 0.1) is 0 Å². The van der Waals surface area contributed by atoms with Crippen LogP contribution in [-0.4, -0.2) is 12.5 Å². The van der Waals surface area contributed by atoms with Gasteiger partial charge in [0.2, 0.25) is 0 Å². The fourth-order valence-electron chi connectivity index (χ4n) is 1.63. The van der Waals surface area contributed by atoms with Gasteiger partial charge in [0.15, 0.2) is 6.61 Å². The van der Waals surface area contributed by atoms with Crippen molar-refractivity contribution in [2.75, 3.05) is 11.9 Å². The third-order valence-corrected chi connectivity index (χ3v) is 2.64. The second kappa shape index (κ2) is 6.68.